The maximum atomic E-state index is 10.7. The number of hydrogen-bond acceptors (Lipinski definition) is 5. The van der Waals surface area contributed by atoms with E-state index in [0.29, 0.717) is 0 Å². The second kappa shape index (κ2) is 6.73. The van der Waals surface area contributed by atoms with Gasteiger partial charge in [-0.1, -0.05) is 13.8 Å². The molecule has 0 spiro atoms. The third kappa shape index (κ3) is 5.08. The van der Waals surface area contributed by atoms with Gasteiger partial charge in [-0.05, 0) is 5.92 Å². The molecule has 0 aromatic carbocycles. The fraction of sp³-hybridized carbons (Fsp3) is 0.889. The van der Waals surface area contributed by atoms with E-state index in [1.54, 1.807) is 13.8 Å². The van der Waals surface area contributed by atoms with E-state index in [1.165, 1.54) is 0 Å². The summed E-state index contributed by atoms with van der Waals surface area (Å²) in [5, 5.41) is 38.2. The maximum absolute atomic E-state index is 10.7. The van der Waals surface area contributed by atoms with Gasteiger partial charge in [-0.3, -0.25) is 4.79 Å². The number of aliphatic hydroxyl groups is 3. The van der Waals surface area contributed by atoms with Gasteiger partial charge in [0.15, 0.2) is 0 Å². The lowest BCUT2D eigenvalue weighted by Gasteiger charge is -2.21. The van der Waals surface area contributed by atoms with Crippen LogP contribution in [0, 0.1) is 5.92 Å². The summed E-state index contributed by atoms with van der Waals surface area (Å²) in [4.78, 5) is 10.7. The molecule has 6 heteroatoms. The smallest absolute Gasteiger partial charge is 0.320 e. The number of aliphatic carboxylic acids is 1. The fourth-order valence-electron chi connectivity index (χ4n) is 1.11. The number of carboxylic acid groups (broad SMARTS) is 1. The third-order valence-corrected chi connectivity index (χ3v) is 2.11. The molecule has 0 aromatic rings. The van der Waals surface area contributed by atoms with Crippen molar-refractivity contribution in [1.29, 1.82) is 0 Å². The van der Waals surface area contributed by atoms with Gasteiger partial charge >= 0.3 is 5.97 Å². The quantitative estimate of drug-likeness (QED) is 0.354. The summed E-state index contributed by atoms with van der Waals surface area (Å²) in [5.74, 6) is -1.13. The highest BCUT2D eigenvalue weighted by Crippen LogP contribution is 2.02. The first-order chi connectivity index (χ1) is 6.90. The molecule has 0 unspecified atom stereocenters. The largest absolute Gasteiger partial charge is 0.480 e. The first kappa shape index (κ1) is 14.3. The van der Waals surface area contributed by atoms with Gasteiger partial charge in [0.05, 0.1) is 12.7 Å². The standard InChI is InChI=1S/C9H19NO5/c1-5(2)8(9(14)15)10-3-6(12)7(13)4-11/h5-8,10-13H,3-4H2,1-2H3,(H,14,15)/t6-,7+,8+/m1/s1. The Balaban J connectivity index is 4.05. The van der Waals surface area contributed by atoms with E-state index in [-0.39, 0.29) is 12.5 Å². The Bertz CT molecular complexity index is 197. The molecule has 0 aliphatic rings. The lowest BCUT2D eigenvalue weighted by molar-refractivity contribution is -0.140. The minimum Gasteiger partial charge on any atom is -0.480 e. The second-order valence-corrected chi connectivity index (χ2v) is 3.79. The Labute approximate surface area is 88.5 Å². The summed E-state index contributed by atoms with van der Waals surface area (Å²) in [6, 6.07) is -0.773. The van der Waals surface area contributed by atoms with Gasteiger partial charge in [0.1, 0.15) is 12.1 Å². The summed E-state index contributed by atoms with van der Waals surface area (Å²) in [6.45, 7) is 2.85. The van der Waals surface area contributed by atoms with Crippen LogP contribution in [0.5, 0.6) is 0 Å². The molecule has 0 saturated heterocycles. The van der Waals surface area contributed by atoms with Gasteiger partial charge in [-0.15, -0.1) is 0 Å². The van der Waals surface area contributed by atoms with Crippen LogP contribution in [-0.4, -0.2) is 57.8 Å². The van der Waals surface area contributed by atoms with Crippen LogP contribution in [0.1, 0.15) is 13.8 Å². The molecule has 0 amide bonds. The van der Waals surface area contributed by atoms with Crippen molar-refractivity contribution in [3.05, 3.63) is 0 Å². The van der Waals surface area contributed by atoms with Gasteiger partial charge in [0.2, 0.25) is 0 Å². The predicted molar refractivity (Wildman–Crippen MR) is 53.4 cm³/mol. The van der Waals surface area contributed by atoms with Crippen LogP contribution in [-0.2, 0) is 4.79 Å². The van der Waals surface area contributed by atoms with Crippen molar-refractivity contribution in [2.45, 2.75) is 32.1 Å². The van der Waals surface area contributed by atoms with E-state index >= 15 is 0 Å². The average Bonchev–Trinajstić information content (AvgIpc) is 2.15. The van der Waals surface area contributed by atoms with Crippen molar-refractivity contribution >= 4 is 5.97 Å². The molecule has 3 atom stereocenters. The molecule has 0 fully saturated rings. The molecule has 6 nitrogen and oxygen atoms in total. The van der Waals surface area contributed by atoms with Gasteiger partial charge in [0.25, 0.3) is 0 Å². The molecule has 0 saturated carbocycles. The van der Waals surface area contributed by atoms with Crippen LogP contribution in [0.2, 0.25) is 0 Å². The zero-order valence-electron chi connectivity index (χ0n) is 8.92. The van der Waals surface area contributed by atoms with E-state index in [0.717, 1.165) is 0 Å². The molecule has 15 heavy (non-hydrogen) atoms. The van der Waals surface area contributed by atoms with Crippen molar-refractivity contribution in [2.24, 2.45) is 5.92 Å². The number of hydrogen-bond donors (Lipinski definition) is 5. The zero-order valence-corrected chi connectivity index (χ0v) is 8.92. The minimum atomic E-state index is -1.25. The molecule has 0 heterocycles. The van der Waals surface area contributed by atoms with E-state index in [2.05, 4.69) is 5.32 Å². The number of rotatable bonds is 7. The molecule has 0 aromatic heterocycles. The van der Waals surface area contributed by atoms with E-state index in [1.807, 2.05) is 0 Å². The van der Waals surface area contributed by atoms with Gasteiger partial charge in [-0.2, -0.15) is 0 Å². The van der Waals surface area contributed by atoms with Crippen LogP contribution < -0.4 is 5.32 Å². The molecular formula is C9H19NO5. The Kier molecular flexibility index (Phi) is 6.42. The summed E-state index contributed by atoms with van der Waals surface area (Å²) >= 11 is 0. The predicted octanol–water partition coefficient (Wildman–Crippen LogP) is -1.60. The van der Waals surface area contributed by atoms with Gasteiger partial charge in [0, 0.05) is 6.54 Å². The number of aliphatic hydroxyl groups excluding tert-OH is 3. The fourth-order valence-corrected chi connectivity index (χ4v) is 1.11. The number of nitrogens with one attached hydrogen (secondary N) is 1. The molecule has 5 N–H and O–H groups in total. The van der Waals surface area contributed by atoms with Crippen molar-refractivity contribution in [2.75, 3.05) is 13.2 Å². The van der Waals surface area contributed by atoms with Crippen LogP contribution in [0.4, 0.5) is 0 Å². The van der Waals surface area contributed by atoms with Crippen molar-refractivity contribution in [3.63, 3.8) is 0 Å². The van der Waals surface area contributed by atoms with Gasteiger partial charge < -0.3 is 25.7 Å². The van der Waals surface area contributed by atoms with Gasteiger partial charge in [-0.25, -0.2) is 0 Å². The average molecular weight is 221 g/mol. The summed E-state index contributed by atoms with van der Waals surface area (Å²) in [6.07, 6.45) is -2.42. The van der Waals surface area contributed by atoms with E-state index in [4.69, 9.17) is 15.3 Å². The monoisotopic (exact) mass is 221 g/mol. The van der Waals surface area contributed by atoms with Crippen LogP contribution in [0.3, 0.4) is 0 Å². The summed E-state index contributed by atoms with van der Waals surface area (Å²) in [7, 11) is 0. The first-order valence-corrected chi connectivity index (χ1v) is 4.83. The summed E-state index contributed by atoms with van der Waals surface area (Å²) < 4.78 is 0. The molecule has 0 bridgehead atoms. The highest BCUT2D eigenvalue weighted by atomic mass is 16.4. The first-order valence-electron chi connectivity index (χ1n) is 4.83. The molecular weight excluding hydrogens is 202 g/mol. The van der Waals surface area contributed by atoms with Crippen molar-refractivity contribution in [3.8, 4) is 0 Å². The molecule has 0 radical (unpaired) electrons. The van der Waals surface area contributed by atoms with Crippen LogP contribution in [0.15, 0.2) is 0 Å². The lowest BCUT2D eigenvalue weighted by Crippen LogP contribution is -2.47. The highest BCUT2D eigenvalue weighted by molar-refractivity contribution is 5.73. The lowest BCUT2D eigenvalue weighted by atomic mass is 10.0. The number of carbonyl (C=O) groups is 1. The maximum Gasteiger partial charge on any atom is 0.320 e. The Morgan fingerprint density at radius 1 is 1.27 bits per heavy atom. The Morgan fingerprint density at radius 2 is 1.80 bits per heavy atom. The molecule has 90 valence electrons. The van der Waals surface area contributed by atoms with Crippen LogP contribution >= 0.6 is 0 Å². The molecule has 0 rings (SSSR count). The second-order valence-electron chi connectivity index (χ2n) is 3.79. The third-order valence-electron chi connectivity index (χ3n) is 2.11. The Morgan fingerprint density at radius 3 is 2.13 bits per heavy atom. The number of carboxylic acids is 1. The normalized spacial score (nSPS) is 17.5. The molecule has 0 aliphatic carbocycles. The summed E-state index contributed by atoms with van der Waals surface area (Å²) in [5.41, 5.74) is 0. The van der Waals surface area contributed by atoms with Crippen LogP contribution in [0.25, 0.3) is 0 Å². The van der Waals surface area contributed by atoms with E-state index < -0.39 is 30.8 Å². The van der Waals surface area contributed by atoms with Crippen molar-refractivity contribution in [1.82, 2.24) is 5.32 Å². The topological polar surface area (TPSA) is 110 Å². The van der Waals surface area contributed by atoms with Crippen molar-refractivity contribution < 1.29 is 25.2 Å². The minimum absolute atomic E-state index is 0.0725. The highest BCUT2D eigenvalue weighted by Gasteiger charge is 2.23. The Hall–Kier alpha value is -0.690. The van der Waals surface area contributed by atoms with E-state index in [9.17, 15) is 9.90 Å². The molecule has 0 aliphatic heterocycles. The SMILES string of the molecule is CC(C)[C@H](NC[C@@H](O)[C@@H](O)CO)C(=O)O. The zero-order chi connectivity index (χ0) is 12.0.